The van der Waals surface area contributed by atoms with Crippen LogP contribution in [-0.2, 0) is 11.2 Å². The van der Waals surface area contributed by atoms with Gasteiger partial charge in [-0.25, -0.2) is 4.39 Å². The fourth-order valence-electron chi connectivity index (χ4n) is 3.33. The molecule has 0 bridgehead atoms. The number of halogens is 1. The Morgan fingerprint density at radius 3 is 2.40 bits per heavy atom. The fourth-order valence-corrected chi connectivity index (χ4v) is 3.33. The van der Waals surface area contributed by atoms with Gasteiger partial charge in [-0.15, -0.1) is 0 Å². The lowest BCUT2D eigenvalue weighted by Gasteiger charge is -2.24. The molecule has 0 fully saturated rings. The molecular formula is C25H27FN2O2. The number of hydrogen-bond acceptors (Lipinski definition) is 3. The molecule has 0 aliphatic rings. The summed E-state index contributed by atoms with van der Waals surface area (Å²) in [6.07, 6.45) is 0.941. The van der Waals surface area contributed by atoms with Gasteiger partial charge in [0.2, 0.25) is 5.91 Å². The second kappa shape index (κ2) is 10.0. The first kappa shape index (κ1) is 21.5. The SMILES string of the molecule is CCc1ccc([C@H](N[C@H](C)C(=O)Nc2ccccc2OC)c2cccc(F)c2)cc1. The Morgan fingerprint density at radius 1 is 1.00 bits per heavy atom. The first-order valence-corrected chi connectivity index (χ1v) is 10.1. The predicted octanol–water partition coefficient (Wildman–Crippen LogP) is 5.10. The molecule has 3 rings (SSSR count). The summed E-state index contributed by atoms with van der Waals surface area (Å²) in [5, 5.41) is 6.25. The molecule has 2 atom stereocenters. The Hall–Kier alpha value is -3.18. The van der Waals surface area contributed by atoms with Crippen LogP contribution in [0.25, 0.3) is 0 Å². The summed E-state index contributed by atoms with van der Waals surface area (Å²) in [6.45, 7) is 3.89. The lowest BCUT2D eigenvalue weighted by molar-refractivity contribution is -0.117. The Morgan fingerprint density at radius 2 is 1.73 bits per heavy atom. The van der Waals surface area contributed by atoms with Gasteiger partial charge in [0.1, 0.15) is 11.6 Å². The molecule has 5 heteroatoms. The molecular weight excluding hydrogens is 379 g/mol. The largest absolute Gasteiger partial charge is 0.495 e. The minimum atomic E-state index is -0.533. The summed E-state index contributed by atoms with van der Waals surface area (Å²) >= 11 is 0. The van der Waals surface area contributed by atoms with E-state index in [1.807, 2.05) is 30.3 Å². The van der Waals surface area contributed by atoms with Gasteiger partial charge in [-0.2, -0.15) is 0 Å². The van der Waals surface area contributed by atoms with E-state index in [0.717, 1.165) is 17.5 Å². The van der Waals surface area contributed by atoms with Crippen molar-refractivity contribution in [2.75, 3.05) is 12.4 Å². The standard InChI is InChI=1S/C25H27FN2O2/c1-4-18-12-14-19(15-13-18)24(20-8-7-9-21(26)16-20)27-17(2)25(29)28-22-10-5-6-11-23(22)30-3/h5-17,24,27H,4H2,1-3H3,(H,28,29)/t17-,24+/m1/s1. The zero-order chi connectivity index (χ0) is 21.5. The molecule has 156 valence electrons. The third kappa shape index (κ3) is 5.24. The highest BCUT2D eigenvalue weighted by atomic mass is 19.1. The van der Waals surface area contributed by atoms with Crippen LogP contribution >= 0.6 is 0 Å². The highest BCUT2D eigenvalue weighted by Crippen LogP contribution is 2.26. The molecule has 0 aliphatic heterocycles. The number of carbonyl (C=O) groups is 1. The molecule has 0 spiro atoms. The highest BCUT2D eigenvalue weighted by molar-refractivity contribution is 5.95. The summed E-state index contributed by atoms with van der Waals surface area (Å²) in [5.41, 5.74) is 3.55. The van der Waals surface area contributed by atoms with Crippen molar-refractivity contribution in [3.05, 3.63) is 95.3 Å². The first-order valence-electron chi connectivity index (χ1n) is 10.1. The summed E-state index contributed by atoms with van der Waals surface area (Å²) in [6, 6.07) is 21.0. The zero-order valence-corrected chi connectivity index (χ0v) is 17.5. The maximum Gasteiger partial charge on any atom is 0.241 e. The van der Waals surface area contributed by atoms with Gasteiger partial charge >= 0.3 is 0 Å². The van der Waals surface area contributed by atoms with E-state index in [1.54, 1.807) is 32.2 Å². The van der Waals surface area contributed by atoms with Crippen molar-refractivity contribution in [2.24, 2.45) is 0 Å². The number of ether oxygens (including phenoxy) is 1. The van der Waals surface area contributed by atoms with Crippen LogP contribution in [0.1, 0.15) is 36.6 Å². The molecule has 0 aromatic heterocycles. The first-order chi connectivity index (χ1) is 14.5. The Labute approximate surface area is 177 Å². The number of para-hydroxylation sites is 2. The van der Waals surface area contributed by atoms with E-state index < -0.39 is 6.04 Å². The van der Waals surface area contributed by atoms with E-state index in [9.17, 15) is 9.18 Å². The minimum absolute atomic E-state index is 0.203. The Kier molecular flexibility index (Phi) is 7.20. The van der Waals surface area contributed by atoms with Gasteiger partial charge in [0.15, 0.2) is 0 Å². The van der Waals surface area contributed by atoms with Crippen LogP contribution in [0, 0.1) is 5.82 Å². The van der Waals surface area contributed by atoms with E-state index >= 15 is 0 Å². The van der Waals surface area contributed by atoms with Gasteiger partial charge in [0.25, 0.3) is 0 Å². The maximum absolute atomic E-state index is 13.9. The maximum atomic E-state index is 13.9. The fraction of sp³-hybridized carbons (Fsp3) is 0.240. The molecule has 1 amide bonds. The summed E-state index contributed by atoms with van der Waals surface area (Å²) in [5.74, 6) is 0.0802. The highest BCUT2D eigenvalue weighted by Gasteiger charge is 2.22. The quantitative estimate of drug-likeness (QED) is 0.547. The molecule has 3 aromatic rings. The number of carbonyl (C=O) groups excluding carboxylic acids is 1. The zero-order valence-electron chi connectivity index (χ0n) is 17.5. The number of aryl methyl sites for hydroxylation is 1. The van der Waals surface area contributed by atoms with Crippen molar-refractivity contribution in [3.8, 4) is 5.75 Å². The number of methoxy groups -OCH3 is 1. The molecule has 2 N–H and O–H groups in total. The third-order valence-electron chi connectivity index (χ3n) is 5.08. The average Bonchev–Trinajstić information content (AvgIpc) is 2.77. The van der Waals surface area contributed by atoms with Crippen molar-refractivity contribution in [1.29, 1.82) is 0 Å². The summed E-state index contributed by atoms with van der Waals surface area (Å²) < 4.78 is 19.2. The number of hydrogen-bond donors (Lipinski definition) is 2. The topological polar surface area (TPSA) is 50.4 Å². The Balaban J connectivity index is 1.83. The van der Waals surface area contributed by atoms with Gasteiger partial charge in [0, 0.05) is 0 Å². The summed E-state index contributed by atoms with van der Waals surface area (Å²) in [7, 11) is 1.56. The predicted molar refractivity (Wildman–Crippen MR) is 118 cm³/mol. The van der Waals surface area contributed by atoms with E-state index in [2.05, 4.69) is 29.7 Å². The van der Waals surface area contributed by atoms with Crippen molar-refractivity contribution >= 4 is 11.6 Å². The molecule has 30 heavy (non-hydrogen) atoms. The molecule has 0 saturated heterocycles. The van der Waals surface area contributed by atoms with Crippen LogP contribution in [0.4, 0.5) is 10.1 Å². The van der Waals surface area contributed by atoms with Crippen LogP contribution in [-0.4, -0.2) is 19.1 Å². The van der Waals surface area contributed by atoms with Crippen molar-refractivity contribution in [1.82, 2.24) is 5.32 Å². The van der Waals surface area contributed by atoms with Crippen LogP contribution < -0.4 is 15.4 Å². The molecule has 3 aromatic carbocycles. The van der Waals surface area contributed by atoms with E-state index in [0.29, 0.717) is 11.4 Å². The lowest BCUT2D eigenvalue weighted by Crippen LogP contribution is -2.40. The van der Waals surface area contributed by atoms with Crippen LogP contribution in [0.5, 0.6) is 5.75 Å². The molecule has 0 heterocycles. The molecule has 0 unspecified atom stereocenters. The van der Waals surface area contributed by atoms with Gasteiger partial charge in [0.05, 0.1) is 24.9 Å². The second-order valence-electron chi connectivity index (χ2n) is 7.16. The number of nitrogens with one attached hydrogen (secondary N) is 2. The number of rotatable bonds is 8. The number of benzene rings is 3. The second-order valence-corrected chi connectivity index (χ2v) is 7.16. The molecule has 0 aliphatic carbocycles. The van der Waals surface area contributed by atoms with Crippen molar-refractivity contribution in [2.45, 2.75) is 32.4 Å². The number of anilines is 1. The minimum Gasteiger partial charge on any atom is -0.495 e. The van der Waals surface area contributed by atoms with E-state index in [-0.39, 0.29) is 17.8 Å². The summed E-state index contributed by atoms with van der Waals surface area (Å²) in [4.78, 5) is 12.8. The van der Waals surface area contributed by atoms with Gasteiger partial charge in [-0.3, -0.25) is 10.1 Å². The van der Waals surface area contributed by atoms with Gasteiger partial charge in [-0.1, -0.05) is 55.5 Å². The molecule has 0 radical (unpaired) electrons. The van der Waals surface area contributed by atoms with Crippen LogP contribution in [0.2, 0.25) is 0 Å². The van der Waals surface area contributed by atoms with Crippen LogP contribution in [0.3, 0.4) is 0 Å². The van der Waals surface area contributed by atoms with Crippen molar-refractivity contribution in [3.63, 3.8) is 0 Å². The van der Waals surface area contributed by atoms with E-state index in [1.165, 1.54) is 17.7 Å². The van der Waals surface area contributed by atoms with Gasteiger partial charge in [-0.05, 0) is 54.3 Å². The molecule has 4 nitrogen and oxygen atoms in total. The Bertz CT molecular complexity index is 988. The smallest absolute Gasteiger partial charge is 0.241 e. The monoisotopic (exact) mass is 406 g/mol. The van der Waals surface area contributed by atoms with Crippen LogP contribution in [0.15, 0.2) is 72.8 Å². The molecule has 0 saturated carbocycles. The van der Waals surface area contributed by atoms with E-state index in [4.69, 9.17) is 4.74 Å². The van der Waals surface area contributed by atoms with Gasteiger partial charge < -0.3 is 10.1 Å². The van der Waals surface area contributed by atoms with Crippen molar-refractivity contribution < 1.29 is 13.9 Å². The normalized spacial score (nSPS) is 12.8. The third-order valence-corrected chi connectivity index (χ3v) is 5.08. The number of amides is 1. The average molecular weight is 407 g/mol. The lowest BCUT2D eigenvalue weighted by atomic mass is 9.96.